The monoisotopic (exact) mass is 325 g/mol. The molecule has 2 aromatic rings. The number of aliphatic carboxylic acids is 1. The molecule has 4 heteroatoms. The molecule has 1 saturated heterocycles. The Kier molecular flexibility index (Phi) is 5.49. The quantitative estimate of drug-likeness (QED) is 0.875. The number of rotatable bonds is 6. The zero-order valence-corrected chi connectivity index (χ0v) is 13.7. The zero-order chi connectivity index (χ0) is 16.8. The number of carboxylic acid groups (broad SMARTS) is 1. The highest BCUT2D eigenvalue weighted by atomic mass is 16.4. The summed E-state index contributed by atoms with van der Waals surface area (Å²) in [6, 6.07) is 14.1. The van der Waals surface area contributed by atoms with Gasteiger partial charge in [-0.05, 0) is 43.5 Å². The van der Waals surface area contributed by atoms with Gasteiger partial charge in [0.15, 0.2) is 0 Å². The van der Waals surface area contributed by atoms with Gasteiger partial charge in [-0.25, -0.2) is 0 Å². The van der Waals surface area contributed by atoms with Gasteiger partial charge in [0.2, 0.25) is 0 Å². The highest BCUT2D eigenvalue weighted by Crippen LogP contribution is 2.24. The molecule has 2 heterocycles. The molecule has 0 saturated carbocycles. The molecular formula is C20H23NO3. The summed E-state index contributed by atoms with van der Waals surface area (Å²) in [4.78, 5) is 13.4. The zero-order valence-electron chi connectivity index (χ0n) is 13.7. The van der Waals surface area contributed by atoms with E-state index in [2.05, 4.69) is 23.1 Å². The van der Waals surface area contributed by atoms with E-state index in [4.69, 9.17) is 4.42 Å². The largest absolute Gasteiger partial charge is 0.481 e. The minimum absolute atomic E-state index is 0.221. The van der Waals surface area contributed by atoms with Crippen molar-refractivity contribution in [2.45, 2.75) is 19.3 Å². The minimum Gasteiger partial charge on any atom is -0.481 e. The van der Waals surface area contributed by atoms with Crippen LogP contribution < -0.4 is 0 Å². The van der Waals surface area contributed by atoms with Gasteiger partial charge < -0.3 is 14.4 Å². The Hall–Kier alpha value is -2.33. The molecule has 0 aliphatic carbocycles. The maximum Gasteiger partial charge on any atom is 0.307 e. The van der Waals surface area contributed by atoms with Crippen LogP contribution in [0.1, 0.15) is 30.6 Å². The van der Waals surface area contributed by atoms with Crippen molar-refractivity contribution in [1.29, 1.82) is 0 Å². The second kappa shape index (κ2) is 7.97. The fourth-order valence-electron chi connectivity index (χ4n) is 3.26. The third kappa shape index (κ3) is 4.15. The number of carboxylic acids is 1. The number of piperidine rings is 1. The summed E-state index contributed by atoms with van der Waals surface area (Å²) in [5, 5.41) is 9.19. The van der Waals surface area contributed by atoms with Gasteiger partial charge in [0.05, 0.1) is 12.2 Å². The van der Waals surface area contributed by atoms with Crippen LogP contribution in [0.25, 0.3) is 5.57 Å². The molecule has 0 radical (unpaired) electrons. The molecule has 126 valence electrons. The van der Waals surface area contributed by atoms with E-state index >= 15 is 0 Å². The van der Waals surface area contributed by atoms with Crippen LogP contribution >= 0.6 is 0 Å². The number of carbonyl (C=O) groups is 1. The first-order valence-corrected chi connectivity index (χ1v) is 8.48. The number of likely N-dealkylation sites (tertiary alicyclic amines) is 1. The normalized spacial score (nSPS) is 19.3. The van der Waals surface area contributed by atoms with Crippen LogP contribution in [0.5, 0.6) is 0 Å². The standard InChI is InChI=1S/C20H23NO3/c22-20(23)17-9-4-12-21(15-17)13-5-10-18(19-11-6-14-24-19)16-7-2-1-3-8-16/h1-3,6-8,10-11,14,17H,4-5,9,12-13,15H2,(H,22,23)/b18-10+. The number of nitrogens with zero attached hydrogens (tertiary/aromatic N) is 1. The van der Waals surface area contributed by atoms with Crippen molar-refractivity contribution in [3.63, 3.8) is 0 Å². The Morgan fingerprint density at radius 1 is 1.25 bits per heavy atom. The van der Waals surface area contributed by atoms with Crippen molar-refractivity contribution in [2.24, 2.45) is 5.92 Å². The SMILES string of the molecule is O=C(O)C1CCCN(CC/C=C(\c2ccccc2)c2ccco2)C1. The lowest BCUT2D eigenvalue weighted by Crippen LogP contribution is -2.39. The van der Waals surface area contributed by atoms with Crippen molar-refractivity contribution in [3.05, 3.63) is 66.1 Å². The Labute approximate surface area is 142 Å². The lowest BCUT2D eigenvalue weighted by Gasteiger charge is -2.30. The Bertz CT molecular complexity index is 676. The number of benzene rings is 1. The molecule has 1 N–H and O–H groups in total. The highest BCUT2D eigenvalue weighted by molar-refractivity contribution is 5.77. The van der Waals surface area contributed by atoms with Gasteiger partial charge in [0.25, 0.3) is 0 Å². The van der Waals surface area contributed by atoms with Crippen LogP contribution in [0.15, 0.2) is 59.2 Å². The van der Waals surface area contributed by atoms with Crippen molar-refractivity contribution in [1.82, 2.24) is 4.90 Å². The number of furan rings is 1. The van der Waals surface area contributed by atoms with E-state index in [1.54, 1.807) is 6.26 Å². The molecule has 3 rings (SSSR count). The van der Waals surface area contributed by atoms with Gasteiger partial charge >= 0.3 is 5.97 Å². The van der Waals surface area contributed by atoms with Crippen molar-refractivity contribution in [3.8, 4) is 0 Å². The molecule has 4 nitrogen and oxygen atoms in total. The van der Waals surface area contributed by atoms with Crippen molar-refractivity contribution < 1.29 is 14.3 Å². The Morgan fingerprint density at radius 3 is 2.79 bits per heavy atom. The first-order valence-electron chi connectivity index (χ1n) is 8.48. The van der Waals surface area contributed by atoms with E-state index in [1.807, 2.05) is 30.3 Å². The van der Waals surface area contributed by atoms with Crippen LogP contribution in [0.4, 0.5) is 0 Å². The molecule has 1 atom stereocenters. The van der Waals surface area contributed by atoms with Gasteiger partial charge in [0, 0.05) is 18.7 Å². The second-order valence-corrected chi connectivity index (χ2v) is 6.23. The molecule has 1 aromatic carbocycles. The van der Waals surface area contributed by atoms with Crippen LogP contribution in [0.3, 0.4) is 0 Å². The van der Waals surface area contributed by atoms with Gasteiger partial charge in [-0.1, -0.05) is 36.4 Å². The summed E-state index contributed by atoms with van der Waals surface area (Å²) in [5.41, 5.74) is 2.22. The molecule has 1 aliphatic heterocycles. The van der Waals surface area contributed by atoms with E-state index in [0.29, 0.717) is 6.54 Å². The molecule has 1 aromatic heterocycles. The van der Waals surface area contributed by atoms with Gasteiger partial charge in [-0.15, -0.1) is 0 Å². The fourth-order valence-corrected chi connectivity index (χ4v) is 3.26. The molecule has 1 aliphatic rings. The molecular weight excluding hydrogens is 302 g/mol. The predicted molar refractivity (Wildman–Crippen MR) is 93.6 cm³/mol. The smallest absolute Gasteiger partial charge is 0.307 e. The Balaban J connectivity index is 1.67. The van der Waals surface area contributed by atoms with E-state index in [0.717, 1.165) is 49.2 Å². The molecule has 0 spiro atoms. The first-order chi connectivity index (χ1) is 11.7. The molecule has 24 heavy (non-hydrogen) atoms. The lowest BCUT2D eigenvalue weighted by molar-refractivity contribution is -0.143. The third-order valence-corrected chi connectivity index (χ3v) is 4.52. The molecule has 1 fully saturated rings. The summed E-state index contributed by atoms with van der Waals surface area (Å²) in [6.45, 7) is 2.52. The average molecular weight is 325 g/mol. The summed E-state index contributed by atoms with van der Waals surface area (Å²) < 4.78 is 5.58. The van der Waals surface area contributed by atoms with Gasteiger partial charge in [-0.2, -0.15) is 0 Å². The minimum atomic E-state index is -0.671. The summed E-state index contributed by atoms with van der Waals surface area (Å²) in [6.07, 6.45) is 6.51. The van der Waals surface area contributed by atoms with Crippen molar-refractivity contribution >= 4 is 11.5 Å². The number of hydrogen-bond donors (Lipinski definition) is 1. The van der Waals surface area contributed by atoms with Crippen LogP contribution in [-0.4, -0.2) is 35.6 Å². The van der Waals surface area contributed by atoms with Crippen LogP contribution in [0.2, 0.25) is 0 Å². The molecule has 1 unspecified atom stereocenters. The third-order valence-electron chi connectivity index (χ3n) is 4.52. The maximum atomic E-state index is 11.2. The summed E-state index contributed by atoms with van der Waals surface area (Å²) in [7, 11) is 0. The van der Waals surface area contributed by atoms with E-state index in [9.17, 15) is 9.90 Å². The molecule has 0 bridgehead atoms. The Morgan fingerprint density at radius 2 is 2.08 bits per heavy atom. The maximum absolute atomic E-state index is 11.2. The fraction of sp³-hybridized carbons (Fsp3) is 0.350. The van der Waals surface area contributed by atoms with E-state index < -0.39 is 5.97 Å². The summed E-state index contributed by atoms with van der Waals surface area (Å²) in [5.74, 6) is -0.0274. The number of hydrogen-bond acceptors (Lipinski definition) is 3. The molecule has 0 amide bonds. The van der Waals surface area contributed by atoms with E-state index in [1.165, 1.54) is 0 Å². The average Bonchev–Trinajstić information content (AvgIpc) is 3.14. The van der Waals surface area contributed by atoms with Crippen LogP contribution in [0, 0.1) is 5.92 Å². The predicted octanol–water partition coefficient (Wildman–Crippen LogP) is 3.90. The van der Waals surface area contributed by atoms with Crippen molar-refractivity contribution in [2.75, 3.05) is 19.6 Å². The topological polar surface area (TPSA) is 53.7 Å². The first kappa shape index (κ1) is 16.5. The highest BCUT2D eigenvalue weighted by Gasteiger charge is 2.24. The lowest BCUT2D eigenvalue weighted by atomic mass is 9.98. The summed E-state index contributed by atoms with van der Waals surface area (Å²) >= 11 is 0. The second-order valence-electron chi connectivity index (χ2n) is 6.23. The van der Waals surface area contributed by atoms with Gasteiger partial charge in [-0.3, -0.25) is 4.79 Å². The van der Waals surface area contributed by atoms with Gasteiger partial charge in [0.1, 0.15) is 5.76 Å². The van der Waals surface area contributed by atoms with Crippen LogP contribution in [-0.2, 0) is 4.79 Å². The van der Waals surface area contributed by atoms with E-state index in [-0.39, 0.29) is 5.92 Å².